The first kappa shape index (κ1) is 14.5. The molecule has 0 spiro atoms. The molecule has 0 amide bonds. The largest absolute Gasteiger partial charge is 0.475 e. The van der Waals surface area contributed by atoms with E-state index in [2.05, 4.69) is 4.99 Å². The summed E-state index contributed by atoms with van der Waals surface area (Å²) in [6, 6.07) is 5.15. The summed E-state index contributed by atoms with van der Waals surface area (Å²) in [5.41, 5.74) is 1.59. The zero-order chi connectivity index (χ0) is 14.7. The topological polar surface area (TPSA) is 68.1 Å². The molecule has 20 heavy (non-hydrogen) atoms. The molecule has 1 N–H and O–H groups in total. The summed E-state index contributed by atoms with van der Waals surface area (Å²) in [5.74, 6) is 0.633. The first-order valence-corrected chi connectivity index (χ1v) is 6.70. The van der Waals surface area contributed by atoms with Gasteiger partial charge in [0, 0.05) is 18.1 Å². The third kappa shape index (κ3) is 2.99. The summed E-state index contributed by atoms with van der Waals surface area (Å²) in [6.07, 6.45) is 0.140. The Morgan fingerprint density at radius 1 is 1.60 bits per heavy atom. The lowest BCUT2D eigenvalue weighted by Gasteiger charge is -2.10. The molecular formula is C15H19NO4. The van der Waals surface area contributed by atoms with Gasteiger partial charge in [-0.25, -0.2) is 4.99 Å². The number of ether oxygens (including phenoxy) is 2. The Morgan fingerprint density at radius 2 is 2.35 bits per heavy atom. The second kappa shape index (κ2) is 6.05. The third-order valence-corrected chi connectivity index (χ3v) is 3.30. The quantitative estimate of drug-likeness (QED) is 0.673. The minimum Gasteiger partial charge on any atom is -0.475 e. The van der Waals surface area contributed by atoms with E-state index in [4.69, 9.17) is 9.47 Å². The van der Waals surface area contributed by atoms with Crippen molar-refractivity contribution < 1.29 is 19.4 Å². The van der Waals surface area contributed by atoms with Gasteiger partial charge < -0.3 is 14.6 Å². The number of aliphatic hydroxyl groups excluding tert-OH is 1. The number of rotatable bonds is 4. The Kier molecular flexibility index (Phi) is 4.39. The van der Waals surface area contributed by atoms with Gasteiger partial charge in [0.1, 0.15) is 18.4 Å². The molecule has 0 saturated carbocycles. The Hall–Kier alpha value is -1.88. The number of hydrogen-bond acceptors (Lipinski definition) is 5. The molecule has 0 radical (unpaired) electrons. The number of hydrogen-bond donors (Lipinski definition) is 1. The molecule has 2 atom stereocenters. The maximum absolute atomic E-state index is 11.1. The molecule has 0 aliphatic carbocycles. The van der Waals surface area contributed by atoms with E-state index in [9.17, 15) is 9.90 Å². The molecule has 1 aliphatic heterocycles. The average molecular weight is 277 g/mol. The van der Waals surface area contributed by atoms with Crippen molar-refractivity contribution in [2.75, 3.05) is 6.61 Å². The maximum atomic E-state index is 11.1. The van der Waals surface area contributed by atoms with Gasteiger partial charge in [-0.05, 0) is 25.5 Å². The molecule has 0 bridgehead atoms. The molecule has 2 rings (SSSR count). The Bertz CT molecular complexity index is 539. The van der Waals surface area contributed by atoms with Gasteiger partial charge in [0.15, 0.2) is 0 Å². The van der Waals surface area contributed by atoms with Gasteiger partial charge in [-0.1, -0.05) is 13.0 Å². The first-order valence-electron chi connectivity index (χ1n) is 6.70. The van der Waals surface area contributed by atoms with Gasteiger partial charge in [0.05, 0.1) is 6.10 Å². The van der Waals surface area contributed by atoms with Gasteiger partial charge in [-0.2, -0.15) is 0 Å². The van der Waals surface area contributed by atoms with Crippen LogP contribution in [0.5, 0.6) is 5.75 Å². The van der Waals surface area contributed by atoms with Gasteiger partial charge >= 0.3 is 5.97 Å². The van der Waals surface area contributed by atoms with Crippen molar-refractivity contribution in [3.05, 3.63) is 29.3 Å². The van der Waals surface area contributed by atoms with Crippen LogP contribution < -0.4 is 4.74 Å². The van der Waals surface area contributed by atoms with E-state index >= 15 is 0 Å². The van der Waals surface area contributed by atoms with E-state index in [0.717, 1.165) is 11.1 Å². The summed E-state index contributed by atoms with van der Waals surface area (Å²) in [6.45, 7) is 5.50. The fourth-order valence-corrected chi connectivity index (χ4v) is 2.12. The third-order valence-electron chi connectivity index (χ3n) is 3.30. The molecule has 1 aromatic rings. The molecule has 1 aliphatic rings. The van der Waals surface area contributed by atoms with E-state index in [0.29, 0.717) is 24.7 Å². The number of carbonyl (C=O) groups excluding carboxylic acids is 1. The first-order chi connectivity index (χ1) is 9.52. The average Bonchev–Trinajstić information content (AvgIpc) is 2.89. The standard InChI is InChI=1S/C15H19NO4/c1-4-13(18)12-8-19-15(16-12)11-6-5-7-14(9(11)2)20-10(3)17/h5-7,12-13,18H,4,8H2,1-3H3/t12-,13+/m0/s1. The van der Waals surface area contributed by atoms with E-state index in [1.807, 2.05) is 19.9 Å². The zero-order valence-electron chi connectivity index (χ0n) is 11.9. The van der Waals surface area contributed by atoms with Crippen molar-refractivity contribution in [2.45, 2.75) is 39.3 Å². The van der Waals surface area contributed by atoms with Gasteiger partial charge in [-0.3, -0.25) is 4.79 Å². The van der Waals surface area contributed by atoms with Crippen molar-refractivity contribution in [1.29, 1.82) is 0 Å². The van der Waals surface area contributed by atoms with Crippen molar-refractivity contribution in [2.24, 2.45) is 4.99 Å². The van der Waals surface area contributed by atoms with Crippen molar-refractivity contribution in [1.82, 2.24) is 0 Å². The lowest BCUT2D eigenvalue weighted by Crippen LogP contribution is -2.24. The second-order valence-electron chi connectivity index (χ2n) is 4.81. The van der Waals surface area contributed by atoms with Crippen molar-refractivity contribution >= 4 is 11.9 Å². The van der Waals surface area contributed by atoms with Crippen LogP contribution in [0.3, 0.4) is 0 Å². The van der Waals surface area contributed by atoms with Crippen LogP contribution in [0, 0.1) is 6.92 Å². The van der Waals surface area contributed by atoms with Crippen LogP contribution in [0.15, 0.2) is 23.2 Å². The Morgan fingerprint density at radius 3 is 3.00 bits per heavy atom. The molecule has 0 saturated heterocycles. The van der Waals surface area contributed by atoms with Crippen LogP contribution in [0.25, 0.3) is 0 Å². The normalized spacial score (nSPS) is 19.2. The second-order valence-corrected chi connectivity index (χ2v) is 4.81. The molecule has 0 aromatic heterocycles. The van der Waals surface area contributed by atoms with Crippen molar-refractivity contribution in [3.63, 3.8) is 0 Å². The summed E-state index contributed by atoms with van der Waals surface area (Å²) >= 11 is 0. The number of aliphatic imine (C=N–C) groups is 1. The van der Waals surface area contributed by atoms with E-state index < -0.39 is 6.10 Å². The van der Waals surface area contributed by atoms with E-state index in [1.54, 1.807) is 12.1 Å². The minimum atomic E-state index is -0.496. The monoisotopic (exact) mass is 277 g/mol. The molecule has 1 aromatic carbocycles. The summed E-state index contributed by atoms with van der Waals surface area (Å²) in [4.78, 5) is 15.5. The lowest BCUT2D eigenvalue weighted by molar-refractivity contribution is -0.131. The number of carbonyl (C=O) groups is 1. The maximum Gasteiger partial charge on any atom is 0.308 e. The van der Waals surface area contributed by atoms with E-state index in [-0.39, 0.29) is 12.0 Å². The fourth-order valence-electron chi connectivity index (χ4n) is 2.12. The van der Waals surface area contributed by atoms with Gasteiger partial charge in [0.2, 0.25) is 5.90 Å². The van der Waals surface area contributed by atoms with E-state index in [1.165, 1.54) is 6.92 Å². The summed E-state index contributed by atoms with van der Waals surface area (Å²) < 4.78 is 10.7. The van der Waals surface area contributed by atoms with Crippen LogP contribution >= 0.6 is 0 Å². The van der Waals surface area contributed by atoms with Crippen LogP contribution in [0.2, 0.25) is 0 Å². The predicted molar refractivity (Wildman–Crippen MR) is 75.1 cm³/mol. The number of aliphatic hydroxyl groups is 1. The highest BCUT2D eigenvalue weighted by Gasteiger charge is 2.26. The molecule has 1 heterocycles. The van der Waals surface area contributed by atoms with Crippen LogP contribution in [-0.4, -0.2) is 35.7 Å². The Labute approximate surface area is 118 Å². The highest BCUT2D eigenvalue weighted by Crippen LogP contribution is 2.25. The number of benzene rings is 1. The summed E-state index contributed by atoms with van der Waals surface area (Å²) in [5, 5.41) is 9.81. The molecule has 0 fully saturated rings. The van der Waals surface area contributed by atoms with Crippen LogP contribution in [0.1, 0.15) is 31.4 Å². The lowest BCUT2D eigenvalue weighted by atomic mass is 10.1. The fraction of sp³-hybridized carbons (Fsp3) is 0.467. The highest BCUT2D eigenvalue weighted by molar-refractivity contribution is 5.97. The van der Waals surface area contributed by atoms with Gasteiger partial charge in [-0.15, -0.1) is 0 Å². The molecule has 108 valence electrons. The number of esters is 1. The SMILES string of the molecule is CC[C@@H](O)[C@@H]1COC(c2cccc(OC(C)=O)c2C)=N1. The van der Waals surface area contributed by atoms with Crippen LogP contribution in [0.4, 0.5) is 0 Å². The smallest absolute Gasteiger partial charge is 0.308 e. The zero-order valence-corrected chi connectivity index (χ0v) is 11.9. The molecule has 5 nitrogen and oxygen atoms in total. The Balaban J connectivity index is 2.28. The van der Waals surface area contributed by atoms with Crippen LogP contribution in [-0.2, 0) is 9.53 Å². The molecule has 5 heteroatoms. The van der Waals surface area contributed by atoms with Gasteiger partial charge in [0.25, 0.3) is 0 Å². The summed E-state index contributed by atoms with van der Waals surface area (Å²) in [7, 11) is 0. The highest BCUT2D eigenvalue weighted by atomic mass is 16.5. The predicted octanol–water partition coefficient (Wildman–Crippen LogP) is 1.84. The van der Waals surface area contributed by atoms with Crippen molar-refractivity contribution in [3.8, 4) is 5.75 Å². The molecule has 0 unspecified atom stereocenters. The minimum absolute atomic E-state index is 0.230. The molecular weight excluding hydrogens is 258 g/mol. The number of nitrogens with zero attached hydrogens (tertiary/aromatic N) is 1.